The first kappa shape index (κ1) is 21.0. The van der Waals surface area contributed by atoms with Gasteiger partial charge in [0.15, 0.2) is 0 Å². The number of aryl methyl sites for hydroxylation is 2. The average Bonchev–Trinajstić information content (AvgIpc) is 3.24. The van der Waals surface area contributed by atoms with Gasteiger partial charge in [-0.05, 0) is 43.5 Å². The standard InChI is InChI=1S/C24H22N6O2/c1-16-17(2)26-23-27-24(28-30(23)22(16)32)29(15-20-10-8-19(14-25)9-11-20)21(31)13-12-18-6-4-3-5-7-18/h3-11H,12-13,15H2,1-2H3,(H,26,27,28). The lowest BCUT2D eigenvalue weighted by molar-refractivity contribution is -0.118. The molecule has 0 aliphatic heterocycles. The number of nitrogens with zero attached hydrogens (tertiary/aromatic N) is 5. The number of fused-ring (bicyclic) bond motifs is 1. The molecule has 0 aliphatic rings. The molecule has 0 aliphatic carbocycles. The van der Waals surface area contributed by atoms with Gasteiger partial charge in [0.1, 0.15) is 0 Å². The van der Waals surface area contributed by atoms with E-state index >= 15 is 0 Å². The molecule has 2 heterocycles. The second-order valence-corrected chi connectivity index (χ2v) is 7.58. The third kappa shape index (κ3) is 4.27. The van der Waals surface area contributed by atoms with Crippen molar-refractivity contribution in [1.82, 2.24) is 19.6 Å². The van der Waals surface area contributed by atoms with E-state index in [0.29, 0.717) is 23.2 Å². The van der Waals surface area contributed by atoms with Crippen LogP contribution in [0.15, 0.2) is 59.4 Å². The first-order valence-electron chi connectivity index (χ1n) is 10.3. The predicted molar refractivity (Wildman–Crippen MR) is 120 cm³/mol. The summed E-state index contributed by atoms with van der Waals surface area (Å²) in [6, 6.07) is 18.9. The maximum atomic E-state index is 13.2. The molecule has 1 N–H and O–H groups in total. The number of carbonyl (C=O) groups excluding carboxylic acids is 1. The van der Waals surface area contributed by atoms with E-state index in [1.807, 2.05) is 30.3 Å². The Kier molecular flexibility index (Phi) is 5.81. The summed E-state index contributed by atoms with van der Waals surface area (Å²) < 4.78 is 1.26. The lowest BCUT2D eigenvalue weighted by Crippen LogP contribution is -2.32. The fourth-order valence-corrected chi connectivity index (χ4v) is 3.39. The highest BCUT2D eigenvalue weighted by molar-refractivity contribution is 5.91. The monoisotopic (exact) mass is 426 g/mol. The molecular weight excluding hydrogens is 404 g/mol. The smallest absolute Gasteiger partial charge is 0.277 e. The number of amides is 1. The van der Waals surface area contributed by atoms with Crippen molar-refractivity contribution in [1.29, 1.82) is 5.26 Å². The number of carbonyl (C=O) groups is 1. The van der Waals surface area contributed by atoms with Crippen LogP contribution in [0, 0.1) is 25.2 Å². The van der Waals surface area contributed by atoms with Crippen LogP contribution >= 0.6 is 0 Å². The Labute approximate surface area is 184 Å². The molecule has 0 unspecified atom stereocenters. The lowest BCUT2D eigenvalue weighted by atomic mass is 10.1. The third-order valence-electron chi connectivity index (χ3n) is 5.40. The van der Waals surface area contributed by atoms with E-state index in [-0.39, 0.29) is 36.2 Å². The largest absolute Gasteiger partial charge is 0.277 e. The molecule has 8 nitrogen and oxygen atoms in total. The number of aromatic amines is 1. The van der Waals surface area contributed by atoms with Crippen LogP contribution in [0.4, 0.5) is 5.95 Å². The molecule has 1 amide bonds. The van der Waals surface area contributed by atoms with E-state index in [1.54, 1.807) is 38.1 Å². The van der Waals surface area contributed by atoms with Gasteiger partial charge in [0.05, 0.1) is 18.2 Å². The molecule has 0 bridgehead atoms. The van der Waals surface area contributed by atoms with Crippen LogP contribution in [0.1, 0.15) is 34.4 Å². The summed E-state index contributed by atoms with van der Waals surface area (Å²) in [7, 11) is 0. The molecule has 0 saturated carbocycles. The zero-order valence-corrected chi connectivity index (χ0v) is 17.9. The maximum Gasteiger partial charge on any atom is 0.277 e. The van der Waals surface area contributed by atoms with E-state index in [4.69, 9.17) is 5.26 Å². The van der Waals surface area contributed by atoms with Crippen molar-refractivity contribution in [2.75, 3.05) is 4.90 Å². The molecular formula is C24H22N6O2. The Hall–Kier alpha value is -4.25. The summed E-state index contributed by atoms with van der Waals surface area (Å²) in [5.74, 6) is 0.328. The van der Waals surface area contributed by atoms with Gasteiger partial charge < -0.3 is 0 Å². The minimum absolute atomic E-state index is 0.140. The molecule has 8 heteroatoms. The zero-order chi connectivity index (χ0) is 22.7. The number of hydrogen-bond donors (Lipinski definition) is 1. The van der Waals surface area contributed by atoms with Crippen LogP contribution in [-0.2, 0) is 17.8 Å². The normalized spacial score (nSPS) is 10.8. The summed E-state index contributed by atoms with van der Waals surface area (Å²) in [6.07, 6.45) is 0.859. The van der Waals surface area contributed by atoms with E-state index in [9.17, 15) is 9.59 Å². The Balaban J connectivity index is 1.68. The highest BCUT2D eigenvalue weighted by atomic mass is 16.2. The molecule has 0 radical (unpaired) electrons. The fourth-order valence-electron chi connectivity index (χ4n) is 3.39. The molecule has 4 rings (SSSR count). The van der Waals surface area contributed by atoms with Gasteiger partial charge in [0.25, 0.3) is 11.3 Å². The van der Waals surface area contributed by atoms with Gasteiger partial charge in [-0.15, -0.1) is 0 Å². The van der Waals surface area contributed by atoms with Crippen molar-refractivity contribution in [3.8, 4) is 6.07 Å². The van der Waals surface area contributed by atoms with Crippen LogP contribution < -0.4 is 10.5 Å². The topological polar surface area (TPSA) is 107 Å². The number of rotatable bonds is 6. The molecule has 160 valence electrons. The number of benzene rings is 2. The van der Waals surface area contributed by atoms with Crippen molar-refractivity contribution in [2.45, 2.75) is 33.2 Å². The van der Waals surface area contributed by atoms with Gasteiger partial charge in [0, 0.05) is 17.7 Å². The highest BCUT2D eigenvalue weighted by Gasteiger charge is 2.21. The first-order valence-corrected chi connectivity index (χ1v) is 10.3. The van der Waals surface area contributed by atoms with Crippen molar-refractivity contribution in [3.63, 3.8) is 0 Å². The predicted octanol–water partition coefficient (Wildman–Crippen LogP) is 3.07. The minimum Gasteiger partial charge on any atom is -0.277 e. The van der Waals surface area contributed by atoms with Crippen molar-refractivity contribution in [3.05, 3.63) is 92.9 Å². The number of aromatic nitrogens is 4. The maximum absolute atomic E-state index is 13.2. The molecule has 32 heavy (non-hydrogen) atoms. The van der Waals surface area contributed by atoms with Crippen LogP contribution in [0.3, 0.4) is 0 Å². The van der Waals surface area contributed by atoms with E-state index in [2.05, 4.69) is 21.1 Å². The third-order valence-corrected chi connectivity index (χ3v) is 5.40. The summed E-state index contributed by atoms with van der Waals surface area (Å²) >= 11 is 0. The van der Waals surface area contributed by atoms with Gasteiger partial charge >= 0.3 is 0 Å². The Morgan fingerprint density at radius 1 is 1.06 bits per heavy atom. The first-order chi connectivity index (χ1) is 15.5. The SMILES string of the molecule is Cc1nc2nc(N(Cc3ccc(C#N)cc3)C(=O)CCc3ccccc3)[nH]n2c(=O)c1C. The summed E-state index contributed by atoms with van der Waals surface area (Å²) in [6.45, 7) is 3.70. The minimum atomic E-state index is -0.249. The Morgan fingerprint density at radius 2 is 1.78 bits per heavy atom. The van der Waals surface area contributed by atoms with Crippen LogP contribution in [0.5, 0.6) is 0 Å². The number of H-pyrrole nitrogens is 1. The molecule has 0 spiro atoms. The van der Waals surface area contributed by atoms with Gasteiger partial charge in [-0.1, -0.05) is 42.5 Å². The molecule has 4 aromatic rings. The number of nitriles is 1. The number of anilines is 1. The van der Waals surface area contributed by atoms with Crippen molar-refractivity contribution >= 4 is 17.6 Å². The molecule has 0 atom stereocenters. The van der Waals surface area contributed by atoms with Gasteiger partial charge in [0.2, 0.25) is 11.9 Å². The van der Waals surface area contributed by atoms with Crippen LogP contribution in [-0.4, -0.2) is 25.5 Å². The Bertz CT molecular complexity index is 1360. The van der Waals surface area contributed by atoms with Crippen molar-refractivity contribution in [2.24, 2.45) is 0 Å². The molecule has 0 saturated heterocycles. The number of hydrogen-bond acceptors (Lipinski definition) is 5. The lowest BCUT2D eigenvalue weighted by Gasteiger charge is -2.20. The summed E-state index contributed by atoms with van der Waals surface area (Å²) in [5.41, 5.74) is 3.31. The summed E-state index contributed by atoms with van der Waals surface area (Å²) in [5, 5.41) is 12.0. The molecule has 0 fully saturated rings. The van der Waals surface area contributed by atoms with Gasteiger partial charge in [-0.2, -0.15) is 14.8 Å². The zero-order valence-electron chi connectivity index (χ0n) is 17.9. The number of nitrogens with one attached hydrogen (secondary N) is 1. The highest BCUT2D eigenvalue weighted by Crippen LogP contribution is 2.17. The molecule has 2 aromatic heterocycles. The fraction of sp³-hybridized carbons (Fsp3) is 0.208. The van der Waals surface area contributed by atoms with E-state index in [0.717, 1.165) is 11.1 Å². The Morgan fingerprint density at radius 3 is 2.47 bits per heavy atom. The van der Waals surface area contributed by atoms with Crippen LogP contribution in [0.25, 0.3) is 5.78 Å². The average molecular weight is 426 g/mol. The van der Waals surface area contributed by atoms with E-state index < -0.39 is 0 Å². The van der Waals surface area contributed by atoms with Crippen molar-refractivity contribution < 1.29 is 4.79 Å². The summed E-state index contributed by atoms with van der Waals surface area (Å²) in [4.78, 5) is 36.2. The van der Waals surface area contributed by atoms with Gasteiger partial charge in [-0.3, -0.25) is 19.6 Å². The van der Waals surface area contributed by atoms with Gasteiger partial charge in [-0.25, -0.2) is 4.98 Å². The second-order valence-electron chi connectivity index (χ2n) is 7.58. The van der Waals surface area contributed by atoms with E-state index in [1.165, 1.54) is 9.42 Å². The van der Waals surface area contributed by atoms with Crippen LogP contribution in [0.2, 0.25) is 0 Å². The quantitative estimate of drug-likeness (QED) is 0.510. The second kappa shape index (κ2) is 8.86. The molecule has 2 aromatic carbocycles.